The molecule has 0 amide bonds. The van der Waals surface area contributed by atoms with Crippen LogP contribution in [0.4, 0.5) is 11.4 Å². The molecule has 7 aromatic carbocycles. The van der Waals surface area contributed by atoms with Crippen LogP contribution in [-0.2, 0) is 0 Å². The first-order valence-corrected chi connectivity index (χ1v) is 18.3. The molecule has 8 aromatic rings. The lowest BCUT2D eigenvalue weighted by molar-refractivity contribution is 1.18. The van der Waals surface area contributed by atoms with Gasteiger partial charge in [0.25, 0.3) is 0 Å². The Morgan fingerprint density at radius 1 is 0.520 bits per heavy atom. The van der Waals surface area contributed by atoms with E-state index in [1.165, 1.54) is 15.6 Å². The lowest BCUT2D eigenvalue weighted by Crippen LogP contribution is -2.74. The summed E-state index contributed by atoms with van der Waals surface area (Å²) < 4.78 is 2.16. The van der Waals surface area contributed by atoms with Crippen molar-refractivity contribution in [2.24, 2.45) is 0 Å². The summed E-state index contributed by atoms with van der Waals surface area (Å²) in [5, 5.41) is 16.2. The van der Waals surface area contributed by atoms with Crippen LogP contribution in [0.1, 0.15) is 5.56 Å². The minimum Gasteiger partial charge on any atom is -0.311 e. The highest BCUT2D eigenvalue weighted by Gasteiger charge is 2.42. The van der Waals surface area contributed by atoms with E-state index in [9.17, 15) is 5.26 Å². The highest BCUT2D eigenvalue weighted by molar-refractivity contribution is 7.20. The predicted molar refractivity (Wildman–Crippen MR) is 207 cm³/mol. The van der Waals surface area contributed by atoms with Gasteiger partial charge in [-0.2, -0.15) is 5.26 Å². The summed E-state index contributed by atoms with van der Waals surface area (Å²) >= 11 is 0. The van der Waals surface area contributed by atoms with Crippen LogP contribution < -0.4 is 20.7 Å². The highest BCUT2D eigenvalue weighted by Crippen LogP contribution is 2.37. The van der Waals surface area contributed by atoms with Gasteiger partial charge < -0.3 is 4.57 Å². The number of aromatic nitrogens is 1. The fourth-order valence-corrected chi connectivity index (χ4v) is 12.4. The standard InChI is InChI=1S/C45H28N4Si/c1-47-41-26-23-33(29-45(41)50(35-14-6-3-7-15-35,36-16-8-4-9-17-36)37-18-10-5-11-19-37)38-25-24-34(30-42(38)48-2)49-43-21-13-12-20-39(43)40-28-32(31-46)22-27-44(40)49/h3-30H. The molecule has 5 heteroatoms. The third kappa shape index (κ3) is 4.80. The molecule has 0 saturated carbocycles. The molecule has 0 N–H and O–H groups in total. The maximum absolute atomic E-state index is 9.59. The molecule has 1 aromatic heterocycles. The van der Waals surface area contributed by atoms with Crippen LogP contribution in [0.15, 0.2) is 170 Å². The first kappa shape index (κ1) is 30.4. The van der Waals surface area contributed by atoms with E-state index in [1.807, 2.05) is 72.8 Å². The first-order valence-electron chi connectivity index (χ1n) is 16.3. The van der Waals surface area contributed by atoms with Crippen molar-refractivity contribution in [1.82, 2.24) is 4.57 Å². The second-order valence-corrected chi connectivity index (χ2v) is 16.0. The lowest BCUT2D eigenvalue weighted by Gasteiger charge is -2.35. The summed E-state index contributed by atoms with van der Waals surface area (Å²) in [5.41, 5.74) is 6.30. The van der Waals surface area contributed by atoms with Crippen molar-refractivity contribution >= 4 is 62.0 Å². The van der Waals surface area contributed by atoms with Gasteiger partial charge in [-0.3, -0.25) is 0 Å². The summed E-state index contributed by atoms with van der Waals surface area (Å²) in [6, 6.07) is 60.0. The number of nitriles is 1. The smallest absolute Gasteiger partial charge is 0.196 e. The molecule has 8 rings (SSSR count). The van der Waals surface area contributed by atoms with Crippen molar-refractivity contribution in [1.29, 1.82) is 5.26 Å². The van der Waals surface area contributed by atoms with Crippen molar-refractivity contribution in [3.63, 3.8) is 0 Å². The van der Waals surface area contributed by atoms with Gasteiger partial charge in [0.1, 0.15) is 0 Å². The first-order chi connectivity index (χ1) is 24.7. The Kier molecular flexibility index (Phi) is 7.63. The lowest BCUT2D eigenvalue weighted by atomic mass is 10.0. The number of hydrogen-bond acceptors (Lipinski definition) is 1. The number of rotatable bonds is 6. The Morgan fingerprint density at radius 3 is 1.70 bits per heavy atom. The summed E-state index contributed by atoms with van der Waals surface area (Å²) in [4.78, 5) is 8.17. The van der Waals surface area contributed by atoms with E-state index in [2.05, 4.69) is 117 Å². The Labute approximate surface area is 292 Å². The average molecular weight is 653 g/mol. The van der Waals surface area contributed by atoms with Crippen LogP contribution in [0.5, 0.6) is 0 Å². The number of para-hydroxylation sites is 1. The molecule has 0 atom stereocenters. The van der Waals surface area contributed by atoms with Crippen molar-refractivity contribution in [2.75, 3.05) is 0 Å². The van der Waals surface area contributed by atoms with E-state index in [4.69, 9.17) is 13.1 Å². The summed E-state index contributed by atoms with van der Waals surface area (Å²) in [5.74, 6) is 0. The molecule has 0 aliphatic heterocycles. The van der Waals surface area contributed by atoms with Gasteiger partial charge in [-0.15, -0.1) is 0 Å². The Morgan fingerprint density at radius 2 is 1.10 bits per heavy atom. The molecule has 0 aliphatic rings. The van der Waals surface area contributed by atoms with E-state index in [0.717, 1.165) is 43.8 Å². The number of nitrogens with zero attached hydrogens (tertiary/aromatic N) is 4. The van der Waals surface area contributed by atoms with Crippen molar-refractivity contribution in [2.45, 2.75) is 0 Å². The zero-order valence-corrected chi connectivity index (χ0v) is 28.0. The van der Waals surface area contributed by atoms with Crippen LogP contribution in [0.3, 0.4) is 0 Å². The summed E-state index contributed by atoms with van der Waals surface area (Å²) in [6.07, 6.45) is 0. The summed E-state index contributed by atoms with van der Waals surface area (Å²) in [6.45, 7) is 16.7. The maximum Gasteiger partial charge on any atom is 0.196 e. The molecule has 4 nitrogen and oxygen atoms in total. The van der Waals surface area contributed by atoms with Crippen LogP contribution in [0.2, 0.25) is 0 Å². The van der Waals surface area contributed by atoms with Crippen LogP contribution in [-0.4, -0.2) is 12.6 Å². The van der Waals surface area contributed by atoms with Crippen molar-refractivity contribution < 1.29 is 0 Å². The van der Waals surface area contributed by atoms with Gasteiger partial charge in [0.05, 0.1) is 35.8 Å². The van der Waals surface area contributed by atoms with Gasteiger partial charge in [0.2, 0.25) is 0 Å². The second-order valence-electron chi connectivity index (χ2n) is 12.2. The zero-order valence-electron chi connectivity index (χ0n) is 27.0. The normalized spacial score (nSPS) is 11.1. The fourth-order valence-electron chi connectivity index (χ4n) is 7.45. The highest BCUT2D eigenvalue weighted by atomic mass is 28.3. The fraction of sp³-hybridized carbons (Fsp3) is 0. The molecule has 0 saturated heterocycles. The molecular weight excluding hydrogens is 625 g/mol. The molecule has 50 heavy (non-hydrogen) atoms. The Bertz CT molecular complexity index is 2580. The minimum atomic E-state index is -3.00. The Hall–Kier alpha value is -6.97. The molecule has 0 spiro atoms. The molecule has 0 bridgehead atoms. The largest absolute Gasteiger partial charge is 0.311 e. The quantitative estimate of drug-likeness (QED) is 0.101. The van der Waals surface area contributed by atoms with Gasteiger partial charge in [-0.25, -0.2) is 9.69 Å². The number of fused-ring (bicyclic) bond motifs is 3. The Balaban J connectivity index is 1.37. The maximum atomic E-state index is 9.59. The third-order valence-corrected chi connectivity index (χ3v) is 14.4. The van der Waals surface area contributed by atoms with E-state index < -0.39 is 8.07 Å². The van der Waals surface area contributed by atoms with E-state index in [0.29, 0.717) is 16.9 Å². The van der Waals surface area contributed by atoms with Gasteiger partial charge >= 0.3 is 0 Å². The molecule has 0 fully saturated rings. The molecule has 0 aliphatic carbocycles. The predicted octanol–water partition coefficient (Wildman–Crippen LogP) is 8.80. The van der Waals surface area contributed by atoms with Gasteiger partial charge in [-0.05, 0) is 68.3 Å². The van der Waals surface area contributed by atoms with Crippen molar-refractivity contribution in [3.05, 3.63) is 198 Å². The summed E-state index contributed by atoms with van der Waals surface area (Å²) in [7, 11) is -3.00. The molecular formula is C45H28N4Si. The zero-order chi connectivity index (χ0) is 34.1. The minimum absolute atomic E-state index is 0.523. The molecule has 0 radical (unpaired) electrons. The van der Waals surface area contributed by atoms with Gasteiger partial charge in [0.15, 0.2) is 19.4 Å². The average Bonchev–Trinajstić information content (AvgIpc) is 3.53. The van der Waals surface area contributed by atoms with Gasteiger partial charge in [0, 0.05) is 16.5 Å². The van der Waals surface area contributed by atoms with Crippen molar-refractivity contribution in [3.8, 4) is 22.9 Å². The molecule has 1 heterocycles. The number of benzene rings is 7. The SMILES string of the molecule is [C-]#[N+]c1cc(-n2c3ccccc3c3cc(C#N)ccc32)ccc1-c1ccc([N+]#[C-])c([Si](c2ccccc2)(c2ccccc2)c2ccccc2)c1. The monoisotopic (exact) mass is 652 g/mol. The topological polar surface area (TPSA) is 37.4 Å². The van der Waals surface area contributed by atoms with E-state index in [-0.39, 0.29) is 0 Å². The second kappa shape index (κ2) is 12.6. The molecule has 232 valence electrons. The van der Waals surface area contributed by atoms with Crippen LogP contribution in [0.25, 0.3) is 48.3 Å². The third-order valence-electron chi connectivity index (χ3n) is 9.61. The van der Waals surface area contributed by atoms with Crippen LogP contribution in [0, 0.1) is 24.5 Å². The molecule has 0 unspecified atom stereocenters. The number of hydrogen-bond donors (Lipinski definition) is 0. The van der Waals surface area contributed by atoms with E-state index >= 15 is 0 Å². The van der Waals surface area contributed by atoms with Crippen LogP contribution >= 0.6 is 0 Å². The van der Waals surface area contributed by atoms with Gasteiger partial charge in [-0.1, -0.05) is 133 Å². The van der Waals surface area contributed by atoms with E-state index in [1.54, 1.807) is 0 Å².